The van der Waals surface area contributed by atoms with Crippen LogP contribution < -0.4 is 10.5 Å². The summed E-state index contributed by atoms with van der Waals surface area (Å²) >= 11 is 7.58. The monoisotopic (exact) mass is 213 g/mol. The molecule has 0 unspecified atom stereocenters. The Morgan fingerprint density at radius 2 is 2.31 bits per heavy atom. The molecule has 0 bridgehead atoms. The lowest BCUT2D eigenvalue weighted by Crippen LogP contribution is -1.90. The van der Waals surface area contributed by atoms with Gasteiger partial charge in [-0.1, -0.05) is 11.6 Å². The van der Waals surface area contributed by atoms with Crippen molar-refractivity contribution in [2.75, 3.05) is 12.8 Å². The third-order valence-electron chi connectivity index (χ3n) is 1.87. The van der Waals surface area contributed by atoms with Crippen LogP contribution in [0.25, 0.3) is 10.1 Å². The Kier molecular flexibility index (Phi) is 2.06. The van der Waals surface area contributed by atoms with Crippen molar-refractivity contribution >= 4 is 38.7 Å². The molecule has 2 rings (SSSR count). The summed E-state index contributed by atoms with van der Waals surface area (Å²) in [6, 6.07) is 3.85. The van der Waals surface area contributed by atoms with E-state index in [1.54, 1.807) is 18.4 Å². The first kappa shape index (κ1) is 8.66. The number of thiophene rings is 1. The van der Waals surface area contributed by atoms with E-state index in [-0.39, 0.29) is 0 Å². The number of halogens is 1. The fourth-order valence-electron chi connectivity index (χ4n) is 1.26. The van der Waals surface area contributed by atoms with Gasteiger partial charge in [-0.2, -0.15) is 0 Å². The molecule has 0 radical (unpaired) electrons. The first-order valence-electron chi connectivity index (χ1n) is 3.73. The molecule has 0 aliphatic rings. The summed E-state index contributed by atoms with van der Waals surface area (Å²) in [5.74, 6) is 0.673. The summed E-state index contributed by atoms with van der Waals surface area (Å²) in [6.07, 6.45) is 0. The van der Waals surface area contributed by atoms with E-state index in [1.807, 2.05) is 17.5 Å². The predicted molar refractivity (Wildman–Crippen MR) is 57.8 cm³/mol. The third-order valence-corrected chi connectivity index (χ3v) is 3.19. The summed E-state index contributed by atoms with van der Waals surface area (Å²) in [5.41, 5.74) is 6.27. The molecule has 0 spiro atoms. The van der Waals surface area contributed by atoms with Gasteiger partial charge in [0.15, 0.2) is 5.75 Å². The van der Waals surface area contributed by atoms with Crippen LogP contribution in [0.2, 0.25) is 5.02 Å². The third kappa shape index (κ3) is 1.24. The second-order valence-corrected chi connectivity index (χ2v) is 3.95. The van der Waals surface area contributed by atoms with Crippen LogP contribution in [-0.4, -0.2) is 7.11 Å². The van der Waals surface area contributed by atoms with Crippen LogP contribution in [0.15, 0.2) is 17.5 Å². The summed E-state index contributed by atoms with van der Waals surface area (Å²) in [6.45, 7) is 0. The molecular formula is C9H8ClNOS. The highest BCUT2D eigenvalue weighted by Crippen LogP contribution is 2.40. The SMILES string of the molecule is COc1c(Cl)c(N)cc2ccsc12. The minimum absolute atomic E-state index is 0.498. The number of methoxy groups -OCH3 is 1. The van der Waals surface area contributed by atoms with Crippen molar-refractivity contribution in [3.63, 3.8) is 0 Å². The Hall–Kier alpha value is -0.930. The molecule has 0 fully saturated rings. The van der Waals surface area contributed by atoms with Gasteiger partial charge in [0.25, 0.3) is 0 Å². The normalized spacial score (nSPS) is 10.6. The van der Waals surface area contributed by atoms with Crippen molar-refractivity contribution < 1.29 is 4.74 Å². The number of hydrogen-bond acceptors (Lipinski definition) is 3. The van der Waals surface area contributed by atoms with Crippen molar-refractivity contribution in [1.29, 1.82) is 0 Å². The fraction of sp³-hybridized carbons (Fsp3) is 0.111. The molecule has 0 amide bonds. The molecular weight excluding hydrogens is 206 g/mol. The van der Waals surface area contributed by atoms with Crippen molar-refractivity contribution in [1.82, 2.24) is 0 Å². The summed E-state index contributed by atoms with van der Waals surface area (Å²) in [7, 11) is 1.60. The highest BCUT2D eigenvalue weighted by molar-refractivity contribution is 7.17. The van der Waals surface area contributed by atoms with Crippen LogP contribution in [0.5, 0.6) is 5.75 Å². The van der Waals surface area contributed by atoms with E-state index in [0.29, 0.717) is 16.5 Å². The minimum Gasteiger partial charge on any atom is -0.494 e. The maximum atomic E-state index is 5.99. The van der Waals surface area contributed by atoms with E-state index in [0.717, 1.165) is 10.1 Å². The van der Waals surface area contributed by atoms with E-state index in [4.69, 9.17) is 22.1 Å². The van der Waals surface area contributed by atoms with E-state index < -0.39 is 0 Å². The predicted octanol–water partition coefficient (Wildman–Crippen LogP) is 3.15. The molecule has 4 heteroatoms. The van der Waals surface area contributed by atoms with Crippen LogP contribution in [0.4, 0.5) is 5.69 Å². The molecule has 1 aromatic carbocycles. The molecule has 2 aromatic rings. The average Bonchev–Trinajstić information content (AvgIpc) is 2.54. The Morgan fingerprint density at radius 1 is 1.54 bits per heavy atom. The highest BCUT2D eigenvalue weighted by Gasteiger charge is 2.10. The van der Waals surface area contributed by atoms with Crippen molar-refractivity contribution in [3.8, 4) is 5.75 Å². The topological polar surface area (TPSA) is 35.2 Å². The smallest absolute Gasteiger partial charge is 0.157 e. The average molecular weight is 214 g/mol. The van der Waals surface area contributed by atoms with Gasteiger partial charge in [-0.15, -0.1) is 11.3 Å². The van der Waals surface area contributed by atoms with Crippen LogP contribution >= 0.6 is 22.9 Å². The molecule has 0 aliphatic carbocycles. The van der Waals surface area contributed by atoms with Gasteiger partial charge in [0, 0.05) is 0 Å². The number of ether oxygens (including phenoxy) is 1. The zero-order valence-corrected chi connectivity index (χ0v) is 8.58. The maximum Gasteiger partial charge on any atom is 0.157 e. The lowest BCUT2D eigenvalue weighted by Gasteiger charge is -2.06. The Labute approximate surface area is 84.9 Å². The summed E-state index contributed by atoms with van der Waals surface area (Å²) in [5, 5.41) is 3.56. The quantitative estimate of drug-likeness (QED) is 0.739. The number of hydrogen-bond donors (Lipinski definition) is 1. The van der Waals surface area contributed by atoms with Gasteiger partial charge < -0.3 is 10.5 Å². The zero-order valence-electron chi connectivity index (χ0n) is 7.00. The molecule has 13 heavy (non-hydrogen) atoms. The molecule has 2 nitrogen and oxygen atoms in total. The lowest BCUT2D eigenvalue weighted by molar-refractivity contribution is 0.421. The maximum absolute atomic E-state index is 5.99. The van der Waals surface area contributed by atoms with Crippen molar-refractivity contribution in [3.05, 3.63) is 22.5 Å². The Bertz CT molecular complexity index is 452. The number of anilines is 1. The van der Waals surface area contributed by atoms with Crippen LogP contribution in [-0.2, 0) is 0 Å². The van der Waals surface area contributed by atoms with Crippen LogP contribution in [0.3, 0.4) is 0 Å². The number of rotatable bonds is 1. The second kappa shape index (κ2) is 3.09. The van der Waals surface area contributed by atoms with Crippen LogP contribution in [0.1, 0.15) is 0 Å². The number of benzene rings is 1. The van der Waals surface area contributed by atoms with Gasteiger partial charge >= 0.3 is 0 Å². The summed E-state index contributed by atoms with van der Waals surface area (Å²) in [4.78, 5) is 0. The number of fused-ring (bicyclic) bond motifs is 1. The lowest BCUT2D eigenvalue weighted by atomic mass is 10.2. The van der Waals surface area contributed by atoms with E-state index in [9.17, 15) is 0 Å². The first-order valence-corrected chi connectivity index (χ1v) is 4.99. The Balaban J connectivity index is 2.87. The van der Waals surface area contributed by atoms with Gasteiger partial charge in [0.1, 0.15) is 5.02 Å². The summed E-state index contributed by atoms with van der Waals surface area (Å²) < 4.78 is 6.24. The molecule has 0 saturated carbocycles. The molecule has 68 valence electrons. The minimum atomic E-state index is 0.498. The molecule has 1 heterocycles. The van der Waals surface area contributed by atoms with Gasteiger partial charge in [0.2, 0.25) is 0 Å². The fourth-order valence-corrected chi connectivity index (χ4v) is 2.45. The van der Waals surface area contributed by atoms with Crippen molar-refractivity contribution in [2.45, 2.75) is 0 Å². The van der Waals surface area contributed by atoms with Crippen LogP contribution in [0, 0.1) is 0 Å². The molecule has 1 aromatic heterocycles. The van der Waals surface area contributed by atoms with Gasteiger partial charge in [0.05, 0.1) is 17.5 Å². The van der Waals surface area contributed by atoms with E-state index in [1.165, 1.54) is 0 Å². The molecule has 0 atom stereocenters. The van der Waals surface area contributed by atoms with E-state index in [2.05, 4.69) is 0 Å². The molecule has 0 aliphatic heterocycles. The van der Waals surface area contributed by atoms with E-state index >= 15 is 0 Å². The molecule has 2 N–H and O–H groups in total. The van der Waals surface area contributed by atoms with Crippen molar-refractivity contribution in [2.24, 2.45) is 0 Å². The first-order chi connectivity index (χ1) is 6.24. The highest BCUT2D eigenvalue weighted by atomic mass is 35.5. The zero-order chi connectivity index (χ0) is 9.42. The van der Waals surface area contributed by atoms with Gasteiger partial charge in [-0.25, -0.2) is 0 Å². The number of nitrogen functional groups attached to an aromatic ring is 1. The molecule has 0 saturated heterocycles. The van der Waals surface area contributed by atoms with Gasteiger partial charge in [-0.3, -0.25) is 0 Å². The second-order valence-electron chi connectivity index (χ2n) is 2.65. The Morgan fingerprint density at radius 3 is 3.00 bits per heavy atom. The standard InChI is InChI=1S/C9H8ClNOS/c1-12-8-7(10)6(11)4-5-2-3-13-9(5)8/h2-4H,11H2,1H3. The van der Waals surface area contributed by atoms with Gasteiger partial charge in [-0.05, 0) is 22.9 Å². The largest absolute Gasteiger partial charge is 0.494 e. The number of nitrogens with two attached hydrogens (primary N) is 1.